The SMILES string of the molecule is Cc1cc(C)n2nc(S(=O)(=O)c3ccc(F)cc3)nc2n1. The van der Waals surface area contributed by atoms with Crippen molar-refractivity contribution in [2.75, 3.05) is 0 Å². The van der Waals surface area contributed by atoms with Gasteiger partial charge in [-0.2, -0.15) is 4.98 Å². The van der Waals surface area contributed by atoms with Crippen LogP contribution in [-0.4, -0.2) is 28.0 Å². The van der Waals surface area contributed by atoms with Crippen LogP contribution in [0.5, 0.6) is 0 Å². The van der Waals surface area contributed by atoms with E-state index in [0.717, 1.165) is 23.5 Å². The van der Waals surface area contributed by atoms with E-state index in [1.54, 1.807) is 19.9 Å². The molecule has 1 aromatic carbocycles. The first kappa shape index (κ1) is 13.6. The molecule has 0 spiro atoms. The van der Waals surface area contributed by atoms with Crippen molar-refractivity contribution in [1.82, 2.24) is 19.6 Å². The van der Waals surface area contributed by atoms with Gasteiger partial charge in [-0.15, -0.1) is 5.10 Å². The van der Waals surface area contributed by atoms with Crippen molar-refractivity contribution >= 4 is 15.6 Å². The fourth-order valence-electron chi connectivity index (χ4n) is 1.98. The number of rotatable bonds is 2. The minimum absolute atomic E-state index is 0.0609. The van der Waals surface area contributed by atoms with E-state index < -0.39 is 15.7 Å². The molecule has 8 heteroatoms. The number of fused-ring (bicyclic) bond motifs is 1. The summed E-state index contributed by atoms with van der Waals surface area (Å²) in [6.45, 7) is 3.57. The molecule has 21 heavy (non-hydrogen) atoms. The first-order chi connectivity index (χ1) is 9.88. The van der Waals surface area contributed by atoms with Gasteiger partial charge in [0.05, 0.1) is 4.90 Å². The zero-order valence-electron chi connectivity index (χ0n) is 11.3. The number of benzene rings is 1. The molecule has 2 aromatic heterocycles. The molecule has 0 radical (unpaired) electrons. The smallest absolute Gasteiger partial charge is 0.216 e. The molecule has 0 saturated carbocycles. The third-order valence-electron chi connectivity index (χ3n) is 2.96. The number of halogens is 1. The van der Waals surface area contributed by atoms with Crippen LogP contribution < -0.4 is 0 Å². The lowest BCUT2D eigenvalue weighted by Crippen LogP contribution is -2.05. The van der Waals surface area contributed by atoms with E-state index in [1.807, 2.05) is 0 Å². The van der Waals surface area contributed by atoms with Gasteiger partial charge in [-0.1, -0.05) is 0 Å². The van der Waals surface area contributed by atoms with Crippen LogP contribution in [0.25, 0.3) is 5.78 Å². The lowest BCUT2D eigenvalue weighted by atomic mass is 10.4. The summed E-state index contributed by atoms with van der Waals surface area (Å²) in [6, 6.07) is 6.30. The van der Waals surface area contributed by atoms with Gasteiger partial charge in [-0.05, 0) is 44.2 Å². The van der Waals surface area contributed by atoms with Gasteiger partial charge in [0.1, 0.15) is 5.82 Å². The van der Waals surface area contributed by atoms with Crippen LogP contribution in [0.15, 0.2) is 40.4 Å². The summed E-state index contributed by atoms with van der Waals surface area (Å²) >= 11 is 0. The Kier molecular flexibility index (Phi) is 2.98. The molecular weight excluding hydrogens is 295 g/mol. The Labute approximate surface area is 120 Å². The Morgan fingerprint density at radius 1 is 1.10 bits per heavy atom. The summed E-state index contributed by atoms with van der Waals surface area (Å²) in [7, 11) is -3.90. The van der Waals surface area contributed by atoms with Gasteiger partial charge in [-0.3, -0.25) is 0 Å². The Bertz CT molecular complexity index is 933. The number of hydrogen-bond acceptors (Lipinski definition) is 5. The molecule has 0 N–H and O–H groups in total. The fraction of sp³-hybridized carbons (Fsp3) is 0.154. The second kappa shape index (κ2) is 4.59. The van der Waals surface area contributed by atoms with E-state index >= 15 is 0 Å². The lowest BCUT2D eigenvalue weighted by molar-refractivity contribution is 0.585. The Hall–Kier alpha value is -2.35. The van der Waals surface area contributed by atoms with Crippen molar-refractivity contribution in [1.29, 1.82) is 0 Å². The molecule has 108 valence electrons. The van der Waals surface area contributed by atoms with E-state index in [2.05, 4.69) is 15.1 Å². The maximum absolute atomic E-state index is 12.9. The van der Waals surface area contributed by atoms with Crippen LogP contribution in [-0.2, 0) is 9.84 Å². The van der Waals surface area contributed by atoms with Crippen LogP contribution in [0, 0.1) is 19.7 Å². The molecule has 0 aliphatic carbocycles. The summed E-state index contributed by atoms with van der Waals surface area (Å²) in [5.74, 6) is -0.293. The molecule has 0 aliphatic rings. The number of nitrogens with zero attached hydrogens (tertiary/aromatic N) is 4. The Morgan fingerprint density at radius 3 is 2.43 bits per heavy atom. The lowest BCUT2D eigenvalue weighted by Gasteiger charge is -1.99. The van der Waals surface area contributed by atoms with Gasteiger partial charge >= 0.3 is 0 Å². The highest BCUT2D eigenvalue weighted by Gasteiger charge is 2.24. The Balaban J connectivity index is 2.19. The van der Waals surface area contributed by atoms with E-state index in [-0.39, 0.29) is 15.8 Å². The second-order valence-electron chi connectivity index (χ2n) is 4.60. The molecule has 0 atom stereocenters. The van der Waals surface area contributed by atoms with Gasteiger partial charge in [-0.25, -0.2) is 22.3 Å². The molecule has 6 nitrogen and oxygen atoms in total. The van der Waals surface area contributed by atoms with Crippen molar-refractivity contribution in [3.8, 4) is 0 Å². The minimum atomic E-state index is -3.90. The van der Waals surface area contributed by atoms with Gasteiger partial charge in [0.25, 0.3) is 10.9 Å². The van der Waals surface area contributed by atoms with Crippen LogP contribution in [0.1, 0.15) is 11.4 Å². The molecule has 0 bridgehead atoms. The highest BCUT2D eigenvalue weighted by molar-refractivity contribution is 7.91. The molecule has 0 fully saturated rings. The molecular formula is C13H11FN4O2S. The number of aromatic nitrogens is 4. The highest BCUT2D eigenvalue weighted by Crippen LogP contribution is 2.19. The van der Waals surface area contributed by atoms with Crippen molar-refractivity contribution in [2.24, 2.45) is 0 Å². The first-order valence-electron chi connectivity index (χ1n) is 6.09. The highest BCUT2D eigenvalue weighted by atomic mass is 32.2. The summed E-state index contributed by atoms with van der Waals surface area (Å²) in [5.41, 5.74) is 1.45. The maximum atomic E-state index is 12.9. The summed E-state index contributed by atoms with van der Waals surface area (Å²) in [4.78, 5) is 8.05. The van der Waals surface area contributed by atoms with Crippen molar-refractivity contribution in [3.63, 3.8) is 0 Å². The standard InChI is InChI=1S/C13H11FN4O2S/c1-8-7-9(2)18-12(15-8)16-13(17-18)21(19,20)11-5-3-10(14)4-6-11/h3-7H,1-2H3. The average Bonchev–Trinajstić information content (AvgIpc) is 2.84. The molecule has 0 saturated heterocycles. The topological polar surface area (TPSA) is 77.2 Å². The third-order valence-corrected chi connectivity index (χ3v) is 4.51. The van der Waals surface area contributed by atoms with Crippen LogP contribution in [0.4, 0.5) is 4.39 Å². The van der Waals surface area contributed by atoms with E-state index in [1.165, 1.54) is 16.6 Å². The fourth-order valence-corrected chi connectivity index (χ4v) is 3.08. The number of aryl methyl sites for hydroxylation is 2. The van der Waals surface area contributed by atoms with Gasteiger partial charge in [0, 0.05) is 11.4 Å². The minimum Gasteiger partial charge on any atom is -0.216 e. The summed E-state index contributed by atoms with van der Waals surface area (Å²) < 4.78 is 39.1. The third kappa shape index (κ3) is 2.27. The second-order valence-corrected chi connectivity index (χ2v) is 6.45. The molecule has 3 aromatic rings. The van der Waals surface area contributed by atoms with Crippen molar-refractivity contribution in [3.05, 3.63) is 47.5 Å². The maximum Gasteiger partial charge on any atom is 0.273 e. The monoisotopic (exact) mass is 306 g/mol. The van der Waals surface area contributed by atoms with E-state index in [0.29, 0.717) is 0 Å². The predicted octanol–water partition coefficient (Wildman–Crippen LogP) is 1.71. The average molecular weight is 306 g/mol. The quantitative estimate of drug-likeness (QED) is 0.674. The van der Waals surface area contributed by atoms with Crippen molar-refractivity contribution in [2.45, 2.75) is 23.9 Å². The van der Waals surface area contributed by atoms with E-state index in [9.17, 15) is 12.8 Å². The zero-order chi connectivity index (χ0) is 15.2. The first-order valence-corrected chi connectivity index (χ1v) is 7.58. The molecule has 0 aliphatic heterocycles. The Morgan fingerprint density at radius 2 is 1.76 bits per heavy atom. The van der Waals surface area contributed by atoms with Crippen LogP contribution in [0.2, 0.25) is 0 Å². The largest absolute Gasteiger partial charge is 0.273 e. The molecule has 0 unspecified atom stereocenters. The summed E-state index contributed by atoms with van der Waals surface area (Å²) in [5, 5.41) is 3.63. The summed E-state index contributed by atoms with van der Waals surface area (Å²) in [6.07, 6.45) is 0. The van der Waals surface area contributed by atoms with Crippen molar-refractivity contribution < 1.29 is 12.8 Å². The number of sulfone groups is 1. The predicted molar refractivity (Wildman–Crippen MR) is 72.1 cm³/mol. The van der Waals surface area contributed by atoms with E-state index in [4.69, 9.17) is 0 Å². The van der Waals surface area contributed by atoms with Gasteiger partial charge in [0.15, 0.2) is 0 Å². The molecule has 3 rings (SSSR count). The van der Waals surface area contributed by atoms with Crippen LogP contribution >= 0.6 is 0 Å². The van der Waals surface area contributed by atoms with Crippen LogP contribution in [0.3, 0.4) is 0 Å². The molecule has 0 amide bonds. The number of hydrogen-bond donors (Lipinski definition) is 0. The van der Waals surface area contributed by atoms with Gasteiger partial charge in [0.2, 0.25) is 9.84 Å². The molecule has 2 heterocycles. The van der Waals surface area contributed by atoms with Gasteiger partial charge < -0.3 is 0 Å². The normalized spacial score (nSPS) is 12.0. The zero-order valence-corrected chi connectivity index (χ0v) is 12.1.